The van der Waals surface area contributed by atoms with E-state index in [1.807, 2.05) is 13.0 Å². The number of nitrogens with one attached hydrogen (secondary N) is 1. The summed E-state index contributed by atoms with van der Waals surface area (Å²) >= 11 is 0. The molecule has 2 heteroatoms. The van der Waals surface area contributed by atoms with E-state index in [-0.39, 0.29) is 0 Å². The number of rotatable bonds is 6. The van der Waals surface area contributed by atoms with E-state index in [4.69, 9.17) is 4.84 Å². The zero-order chi connectivity index (χ0) is 9.23. The van der Waals surface area contributed by atoms with E-state index in [2.05, 4.69) is 31.5 Å². The van der Waals surface area contributed by atoms with Gasteiger partial charge in [-0.25, -0.2) is 0 Å². The number of hydrogen-bond donors (Lipinski definition) is 1. The molecule has 0 spiro atoms. The van der Waals surface area contributed by atoms with Crippen molar-refractivity contribution in [2.45, 2.75) is 33.6 Å². The fourth-order valence-electron chi connectivity index (χ4n) is 0.734. The van der Waals surface area contributed by atoms with Gasteiger partial charge in [0.15, 0.2) is 0 Å². The van der Waals surface area contributed by atoms with Crippen LogP contribution in [0.25, 0.3) is 0 Å². The highest BCUT2D eigenvalue weighted by Gasteiger charge is 1.89. The molecule has 0 aromatic heterocycles. The van der Waals surface area contributed by atoms with Gasteiger partial charge >= 0.3 is 0 Å². The van der Waals surface area contributed by atoms with Crippen LogP contribution in [-0.2, 0) is 4.84 Å². The van der Waals surface area contributed by atoms with Crippen LogP contribution in [0.15, 0.2) is 24.0 Å². The van der Waals surface area contributed by atoms with Crippen molar-refractivity contribution in [3.05, 3.63) is 24.0 Å². The predicted octanol–water partition coefficient (Wildman–Crippen LogP) is 2.79. The molecule has 1 N–H and O–H groups in total. The van der Waals surface area contributed by atoms with Crippen LogP contribution in [-0.4, -0.2) is 6.54 Å². The summed E-state index contributed by atoms with van der Waals surface area (Å²) < 4.78 is 0. The second kappa shape index (κ2) is 8.34. The van der Waals surface area contributed by atoms with E-state index < -0.39 is 0 Å². The van der Waals surface area contributed by atoms with Gasteiger partial charge in [0.05, 0.1) is 0 Å². The summed E-state index contributed by atoms with van der Waals surface area (Å²) in [5.41, 5.74) is 2.82. The van der Waals surface area contributed by atoms with Crippen LogP contribution in [0, 0.1) is 0 Å². The molecule has 2 nitrogen and oxygen atoms in total. The van der Waals surface area contributed by atoms with Gasteiger partial charge in [-0.05, 0) is 31.9 Å². The molecule has 0 aromatic carbocycles. The van der Waals surface area contributed by atoms with E-state index in [1.165, 1.54) is 0 Å². The molecule has 0 aromatic rings. The van der Waals surface area contributed by atoms with Crippen molar-refractivity contribution in [2.24, 2.45) is 0 Å². The Morgan fingerprint density at radius 1 is 1.25 bits per heavy atom. The van der Waals surface area contributed by atoms with Crippen molar-refractivity contribution in [1.82, 2.24) is 5.48 Å². The molecule has 0 aliphatic rings. The topological polar surface area (TPSA) is 21.3 Å². The first kappa shape index (κ1) is 11.2. The summed E-state index contributed by atoms with van der Waals surface area (Å²) in [7, 11) is 0. The third kappa shape index (κ3) is 5.98. The molecule has 0 saturated heterocycles. The van der Waals surface area contributed by atoms with E-state index in [9.17, 15) is 0 Å². The fourth-order valence-corrected chi connectivity index (χ4v) is 0.734. The smallest absolute Gasteiger partial charge is 0.142 e. The monoisotopic (exact) mass is 169 g/mol. The van der Waals surface area contributed by atoms with Crippen LogP contribution in [0.4, 0.5) is 0 Å². The van der Waals surface area contributed by atoms with Gasteiger partial charge in [0.25, 0.3) is 0 Å². The van der Waals surface area contributed by atoms with Gasteiger partial charge in [0.2, 0.25) is 0 Å². The average Bonchev–Trinajstić information content (AvgIpc) is 2.10. The van der Waals surface area contributed by atoms with Crippen LogP contribution in [0.3, 0.4) is 0 Å². The second-order valence-electron chi connectivity index (χ2n) is 2.43. The zero-order valence-electron chi connectivity index (χ0n) is 8.26. The van der Waals surface area contributed by atoms with Crippen molar-refractivity contribution in [3.63, 3.8) is 0 Å². The molecule has 0 unspecified atom stereocenters. The van der Waals surface area contributed by atoms with Crippen molar-refractivity contribution in [2.75, 3.05) is 6.54 Å². The van der Waals surface area contributed by atoms with Gasteiger partial charge < -0.3 is 4.84 Å². The molecule has 0 bridgehead atoms. The Bertz CT molecular complexity index is 150. The van der Waals surface area contributed by atoms with Gasteiger partial charge in [-0.15, -0.1) is 0 Å². The maximum atomic E-state index is 5.26. The molecule has 0 aliphatic carbocycles. The highest BCUT2D eigenvalue weighted by atomic mass is 16.6. The lowest BCUT2D eigenvalue weighted by atomic mass is 10.3. The minimum absolute atomic E-state index is 0.820. The molecule has 12 heavy (non-hydrogen) atoms. The standard InChI is InChI=1S/C10H19NO/c1-4-7-9-10(8-5-2)12-11-6-3/h7-9,11H,4-6H2,1-3H3. The molecule has 70 valence electrons. The molecular formula is C10H19NO. The third-order valence-corrected chi connectivity index (χ3v) is 1.26. The first-order chi connectivity index (χ1) is 5.85. The Kier molecular flexibility index (Phi) is 7.81. The van der Waals surface area contributed by atoms with E-state index >= 15 is 0 Å². The molecule has 0 atom stereocenters. The SMILES string of the molecule is CCC=CC(=CCC)ONCC. The van der Waals surface area contributed by atoms with Crippen LogP contribution in [0.1, 0.15) is 33.6 Å². The van der Waals surface area contributed by atoms with Crippen molar-refractivity contribution >= 4 is 0 Å². The molecule has 0 aliphatic heterocycles. The van der Waals surface area contributed by atoms with E-state index in [0.717, 1.165) is 25.1 Å². The van der Waals surface area contributed by atoms with Gasteiger partial charge in [-0.2, -0.15) is 5.48 Å². The molecule has 0 amide bonds. The van der Waals surface area contributed by atoms with Crippen molar-refractivity contribution < 1.29 is 4.84 Å². The van der Waals surface area contributed by atoms with Crippen LogP contribution in [0.5, 0.6) is 0 Å². The summed E-state index contributed by atoms with van der Waals surface area (Å²) in [6, 6.07) is 0. The summed E-state index contributed by atoms with van der Waals surface area (Å²) in [4.78, 5) is 5.26. The number of hydrogen-bond acceptors (Lipinski definition) is 2. The second-order valence-corrected chi connectivity index (χ2v) is 2.43. The minimum atomic E-state index is 0.820. The van der Waals surface area contributed by atoms with Crippen molar-refractivity contribution in [3.8, 4) is 0 Å². The largest absolute Gasteiger partial charge is 0.409 e. The van der Waals surface area contributed by atoms with Crippen molar-refractivity contribution in [1.29, 1.82) is 0 Å². The Morgan fingerprint density at radius 3 is 2.50 bits per heavy atom. The van der Waals surface area contributed by atoms with Crippen LogP contribution >= 0.6 is 0 Å². The maximum absolute atomic E-state index is 5.26. The Balaban J connectivity index is 3.86. The quantitative estimate of drug-likeness (QED) is 0.375. The molecule has 0 saturated carbocycles. The zero-order valence-corrected chi connectivity index (χ0v) is 8.26. The van der Waals surface area contributed by atoms with Gasteiger partial charge in [0, 0.05) is 6.54 Å². The molecule has 0 heterocycles. The summed E-state index contributed by atoms with van der Waals surface area (Å²) in [6.07, 6.45) is 8.16. The fraction of sp³-hybridized carbons (Fsp3) is 0.600. The van der Waals surface area contributed by atoms with Gasteiger partial charge in [-0.1, -0.05) is 19.9 Å². The maximum Gasteiger partial charge on any atom is 0.142 e. The highest BCUT2D eigenvalue weighted by Crippen LogP contribution is 2.00. The Labute approximate surface area is 75.3 Å². The third-order valence-electron chi connectivity index (χ3n) is 1.26. The average molecular weight is 169 g/mol. The van der Waals surface area contributed by atoms with Crippen LogP contribution in [0.2, 0.25) is 0 Å². The molecule has 0 radical (unpaired) electrons. The number of allylic oxidation sites excluding steroid dienone is 3. The normalized spacial score (nSPS) is 12.4. The molecular weight excluding hydrogens is 150 g/mol. The van der Waals surface area contributed by atoms with Gasteiger partial charge in [-0.3, -0.25) is 0 Å². The Morgan fingerprint density at radius 2 is 2.00 bits per heavy atom. The summed E-state index contributed by atoms with van der Waals surface area (Å²) in [5, 5.41) is 0. The lowest BCUT2D eigenvalue weighted by Gasteiger charge is -2.04. The molecule has 0 fully saturated rings. The van der Waals surface area contributed by atoms with E-state index in [1.54, 1.807) is 0 Å². The van der Waals surface area contributed by atoms with E-state index in [0.29, 0.717) is 0 Å². The summed E-state index contributed by atoms with van der Waals surface area (Å²) in [5.74, 6) is 0.904. The lowest BCUT2D eigenvalue weighted by molar-refractivity contribution is 0.119. The Hall–Kier alpha value is -0.760. The first-order valence-corrected chi connectivity index (χ1v) is 4.61. The number of hydroxylamine groups is 1. The highest BCUT2D eigenvalue weighted by molar-refractivity contribution is 5.11. The predicted molar refractivity (Wildman–Crippen MR) is 52.6 cm³/mol. The van der Waals surface area contributed by atoms with Crippen LogP contribution < -0.4 is 5.48 Å². The molecule has 0 rings (SSSR count). The first-order valence-electron chi connectivity index (χ1n) is 4.61. The lowest BCUT2D eigenvalue weighted by Crippen LogP contribution is -2.12. The van der Waals surface area contributed by atoms with Gasteiger partial charge in [0.1, 0.15) is 5.76 Å². The summed E-state index contributed by atoms with van der Waals surface area (Å²) in [6.45, 7) is 7.02. The minimum Gasteiger partial charge on any atom is -0.409 e.